The lowest BCUT2D eigenvalue weighted by Crippen LogP contribution is -2.18. The normalized spacial score (nSPS) is 10.7. The van der Waals surface area contributed by atoms with Crippen LogP contribution in [0.3, 0.4) is 0 Å². The molecule has 0 fully saturated rings. The molecule has 0 aliphatic rings. The summed E-state index contributed by atoms with van der Waals surface area (Å²) in [7, 11) is 0. The molecule has 0 saturated heterocycles. The SMILES string of the molecule is O=C(N/N=C\c1cc(Cl)ccc1O)c1ccccc1Br. The van der Waals surface area contributed by atoms with Gasteiger partial charge in [-0.2, -0.15) is 5.10 Å². The summed E-state index contributed by atoms with van der Waals surface area (Å²) in [5.41, 5.74) is 3.27. The first-order valence-corrected chi connectivity index (χ1v) is 6.81. The zero-order chi connectivity index (χ0) is 14.5. The zero-order valence-electron chi connectivity index (χ0n) is 10.2. The molecule has 2 aromatic carbocycles. The van der Waals surface area contributed by atoms with Crippen molar-refractivity contribution >= 4 is 39.7 Å². The van der Waals surface area contributed by atoms with Gasteiger partial charge in [0.05, 0.1) is 11.8 Å². The van der Waals surface area contributed by atoms with Crippen LogP contribution < -0.4 is 5.43 Å². The number of carbonyl (C=O) groups excluding carboxylic acids is 1. The highest BCUT2D eigenvalue weighted by Crippen LogP contribution is 2.19. The smallest absolute Gasteiger partial charge is 0.272 e. The molecule has 0 heterocycles. The third-order valence-corrected chi connectivity index (χ3v) is 3.40. The second-order valence-corrected chi connectivity index (χ2v) is 5.17. The summed E-state index contributed by atoms with van der Waals surface area (Å²) in [6.07, 6.45) is 1.33. The van der Waals surface area contributed by atoms with E-state index in [0.29, 0.717) is 20.6 Å². The van der Waals surface area contributed by atoms with E-state index in [1.54, 1.807) is 30.3 Å². The topological polar surface area (TPSA) is 61.7 Å². The summed E-state index contributed by atoms with van der Waals surface area (Å²) in [5.74, 6) is -0.316. The minimum atomic E-state index is -0.352. The van der Waals surface area contributed by atoms with Gasteiger partial charge in [0.25, 0.3) is 5.91 Å². The number of nitrogens with zero attached hydrogens (tertiary/aromatic N) is 1. The van der Waals surface area contributed by atoms with E-state index in [9.17, 15) is 9.90 Å². The Labute approximate surface area is 129 Å². The number of halogens is 2. The number of amides is 1. The first kappa shape index (κ1) is 14.6. The molecule has 2 rings (SSSR count). The van der Waals surface area contributed by atoms with Crippen LogP contribution >= 0.6 is 27.5 Å². The summed E-state index contributed by atoms with van der Waals surface area (Å²) in [6.45, 7) is 0. The third kappa shape index (κ3) is 3.59. The molecule has 6 heteroatoms. The molecule has 0 spiro atoms. The van der Waals surface area contributed by atoms with Gasteiger partial charge in [0.15, 0.2) is 0 Å². The lowest BCUT2D eigenvalue weighted by molar-refractivity contribution is 0.0954. The minimum Gasteiger partial charge on any atom is -0.507 e. The van der Waals surface area contributed by atoms with Gasteiger partial charge in [-0.3, -0.25) is 4.79 Å². The Balaban J connectivity index is 2.09. The number of benzene rings is 2. The van der Waals surface area contributed by atoms with Crippen LogP contribution in [-0.4, -0.2) is 17.2 Å². The maximum atomic E-state index is 11.9. The molecular weight excluding hydrogens is 344 g/mol. The molecule has 2 aromatic rings. The Hall–Kier alpha value is -1.85. The molecular formula is C14H10BrClN2O2. The number of phenolic OH excluding ortho intramolecular Hbond substituents is 1. The van der Waals surface area contributed by atoms with Crippen LogP contribution in [0.15, 0.2) is 52.0 Å². The number of phenols is 1. The Morgan fingerprint density at radius 3 is 2.80 bits per heavy atom. The fraction of sp³-hybridized carbons (Fsp3) is 0. The van der Waals surface area contributed by atoms with E-state index < -0.39 is 0 Å². The Bertz CT molecular complexity index is 674. The standard InChI is InChI=1S/C14H10BrClN2O2/c15-12-4-2-1-3-11(12)14(20)18-17-8-9-7-10(16)5-6-13(9)19/h1-8,19H,(H,18,20)/b17-8-. The van der Waals surface area contributed by atoms with Crippen LogP contribution in [0.2, 0.25) is 5.02 Å². The van der Waals surface area contributed by atoms with Gasteiger partial charge in [-0.15, -0.1) is 0 Å². The lowest BCUT2D eigenvalue weighted by atomic mass is 10.2. The van der Waals surface area contributed by atoms with Gasteiger partial charge >= 0.3 is 0 Å². The van der Waals surface area contributed by atoms with Crippen LogP contribution in [0.25, 0.3) is 0 Å². The molecule has 4 nitrogen and oxygen atoms in total. The van der Waals surface area contributed by atoms with E-state index in [0.717, 1.165) is 0 Å². The molecule has 0 atom stereocenters. The molecule has 0 radical (unpaired) electrons. The fourth-order valence-electron chi connectivity index (χ4n) is 1.49. The van der Waals surface area contributed by atoms with Gasteiger partial charge in [0.1, 0.15) is 5.75 Å². The van der Waals surface area contributed by atoms with Gasteiger partial charge in [-0.05, 0) is 46.3 Å². The summed E-state index contributed by atoms with van der Waals surface area (Å²) in [6, 6.07) is 11.6. The van der Waals surface area contributed by atoms with E-state index in [2.05, 4.69) is 26.5 Å². The van der Waals surface area contributed by atoms with Crippen LogP contribution in [-0.2, 0) is 0 Å². The van der Waals surface area contributed by atoms with Crippen LogP contribution in [0, 0.1) is 0 Å². The van der Waals surface area contributed by atoms with Crippen molar-refractivity contribution in [3.05, 3.63) is 63.1 Å². The molecule has 2 N–H and O–H groups in total. The van der Waals surface area contributed by atoms with E-state index in [1.807, 2.05) is 6.07 Å². The zero-order valence-corrected chi connectivity index (χ0v) is 12.5. The number of rotatable bonds is 3. The summed E-state index contributed by atoms with van der Waals surface area (Å²) < 4.78 is 0.679. The largest absolute Gasteiger partial charge is 0.507 e. The molecule has 0 aromatic heterocycles. The Morgan fingerprint density at radius 1 is 1.30 bits per heavy atom. The highest BCUT2D eigenvalue weighted by atomic mass is 79.9. The molecule has 0 aliphatic carbocycles. The number of aromatic hydroxyl groups is 1. The number of hydrazone groups is 1. The number of carbonyl (C=O) groups is 1. The maximum Gasteiger partial charge on any atom is 0.272 e. The second kappa shape index (κ2) is 6.54. The van der Waals surface area contributed by atoms with Gasteiger partial charge < -0.3 is 5.11 Å². The highest BCUT2D eigenvalue weighted by Gasteiger charge is 2.07. The van der Waals surface area contributed by atoms with Gasteiger partial charge in [0, 0.05) is 15.1 Å². The Kier molecular flexibility index (Phi) is 4.76. The first-order valence-electron chi connectivity index (χ1n) is 5.64. The predicted octanol–water partition coefficient (Wildman–Crippen LogP) is 3.57. The summed E-state index contributed by atoms with van der Waals surface area (Å²) in [5, 5.41) is 13.9. The van der Waals surface area contributed by atoms with Crippen LogP contribution in [0.1, 0.15) is 15.9 Å². The van der Waals surface area contributed by atoms with Crippen molar-refractivity contribution in [2.45, 2.75) is 0 Å². The lowest BCUT2D eigenvalue weighted by Gasteiger charge is -2.02. The van der Waals surface area contributed by atoms with Gasteiger partial charge in [-0.1, -0.05) is 23.7 Å². The monoisotopic (exact) mass is 352 g/mol. The van der Waals surface area contributed by atoms with E-state index in [1.165, 1.54) is 12.3 Å². The molecule has 20 heavy (non-hydrogen) atoms. The van der Waals surface area contributed by atoms with Crippen molar-refractivity contribution in [1.82, 2.24) is 5.43 Å². The van der Waals surface area contributed by atoms with Crippen molar-refractivity contribution in [1.29, 1.82) is 0 Å². The molecule has 0 aliphatic heterocycles. The van der Waals surface area contributed by atoms with Crippen molar-refractivity contribution in [3.63, 3.8) is 0 Å². The molecule has 102 valence electrons. The fourth-order valence-corrected chi connectivity index (χ4v) is 2.14. The third-order valence-electron chi connectivity index (χ3n) is 2.48. The van der Waals surface area contributed by atoms with Crippen molar-refractivity contribution < 1.29 is 9.90 Å². The van der Waals surface area contributed by atoms with E-state index >= 15 is 0 Å². The van der Waals surface area contributed by atoms with Crippen molar-refractivity contribution in [3.8, 4) is 5.75 Å². The minimum absolute atomic E-state index is 0.0355. The first-order chi connectivity index (χ1) is 9.58. The van der Waals surface area contributed by atoms with Crippen molar-refractivity contribution in [2.75, 3.05) is 0 Å². The van der Waals surface area contributed by atoms with Crippen LogP contribution in [0.4, 0.5) is 0 Å². The van der Waals surface area contributed by atoms with E-state index in [4.69, 9.17) is 11.6 Å². The molecule has 0 saturated carbocycles. The number of hydrogen-bond donors (Lipinski definition) is 2. The molecule has 0 unspecified atom stereocenters. The summed E-state index contributed by atoms with van der Waals surface area (Å²) >= 11 is 9.09. The highest BCUT2D eigenvalue weighted by molar-refractivity contribution is 9.10. The predicted molar refractivity (Wildman–Crippen MR) is 82.3 cm³/mol. The average molecular weight is 354 g/mol. The molecule has 0 bridgehead atoms. The molecule has 1 amide bonds. The van der Waals surface area contributed by atoms with Gasteiger partial charge in [0.2, 0.25) is 0 Å². The second-order valence-electron chi connectivity index (χ2n) is 3.88. The quantitative estimate of drug-likeness (QED) is 0.654. The van der Waals surface area contributed by atoms with E-state index in [-0.39, 0.29) is 11.7 Å². The summed E-state index contributed by atoms with van der Waals surface area (Å²) in [4.78, 5) is 11.9. The van der Waals surface area contributed by atoms with Crippen molar-refractivity contribution in [2.24, 2.45) is 5.10 Å². The van der Waals surface area contributed by atoms with Gasteiger partial charge in [-0.25, -0.2) is 5.43 Å². The number of nitrogens with one attached hydrogen (secondary N) is 1. The average Bonchev–Trinajstić information content (AvgIpc) is 2.43. The Morgan fingerprint density at radius 2 is 2.05 bits per heavy atom. The van der Waals surface area contributed by atoms with Crippen LogP contribution in [0.5, 0.6) is 5.75 Å². The number of hydrogen-bond acceptors (Lipinski definition) is 3. The maximum absolute atomic E-state index is 11.9.